The first-order valence-corrected chi connectivity index (χ1v) is 8.46. The van der Waals surface area contributed by atoms with Gasteiger partial charge in [0.1, 0.15) is 0 Å². The van der Waals surface area contributed by atoms with Crippen LogP contribution < -0.4 is 0 Å². The maximum absolute atomic E-state index is 11.5. The molecule has 0 fully saturated rings. The van der Waals surface area contributed by atoms with Gasteiger partial charge in [0.2, 0.25) is 0 Å². The normalized spacial score (nSPS) is 10.2. The fourth-order valence-electron chi connectivity index (χ4n) is 0.970. The van der Waals surface area contributed by atoms with E-state index in [2.05, 4.69) is 11.6 Å². The van der Waals surface area contributed by atoms with E-state index in [0.29, 0.717) is 5.78 Å². The van der Waals surface area contributed by atoms with Gasteiger partial charge in [-0.2, -0.15) is 0 Å². The van der Waals surface area contributed by atoms with E-state index in [0.717, 1.165) is 10.9 Å². The van der Waals surface area contributed by atoms with Crippen LogP contribution in [-0.4, -0.2) is 19.7 Å². The zero-order chi connectivity index (χ0) is 8.97. The molecule has 0 aliphatic rings. The first-order chi connectivity index (χ1) is 5.70. The molecule has 1 rings (SSSR count). The zero-order valence-electron chi connectivity index (χ0n) is 7.41. The second-order valence-electron chi connectivity index (χ2n) is 2.92. The maximum atomic E-state index is 11.5. The Morgan fingerprint density at radius 3 is 2.33 bits per heavy atom. The number of benzene rings is 1. The van der Waals surface area contributed by atoms with Crippen molar-refractivity contribution in [2.75, 3.05) is 0 Å². The second kappa shape index (κ2) is 4.44. The molecule has 1 nitrogen and oxygen atoms in total. The van der Waals surface area contributed by atoms with Crippen molar-refractivity contribution in [2.45, 2.75) is 17.0 Å². The summed E-state index contributed by atoms with van der Waals surface area (Å²) in [6.07, 6.45) is 0. The van der Waals surface area contributed by atoms with Gasteiger partial charge in [-0.25, -0.2) is 0 Å². The summed E-state index contributed by atoms with van der Waals surface area (Å²) in [7, 11) is 0. The minimum absolute atomic E-state index is 0.297. The van der Waals surface area contributed by atoms with Gasteiger partial charge < -0.3 is 0 Å². The standard InChI is InChI=1S/C10H13OSe/c1-12(2)8-10(11)9-6-4-3-5-7-9/h3-7H,8H2,1-2H3. The Bertz CT molecular complexity index is 254. The van der Waals surface area contributed by atoms with E-state index in [-0.39, 0.29) is 0 Å². The first kappa shape index (κ1) is 9.50. The van der Waals surface area contributed by atoms with E-state index in [4.69, 9.17) is 0 Å². The number of ketones is 1. The van der Waals surface area contributed by atoms with Crippen molar-refractivity contribution in [2.24, 2.45) is 0 Å². The van der Waals surface area contributed by atoms with E-state index in [1.807, 2.05) is 30.3 Å². The minimum atomic E-state index is -0.629. The van der Waals surface area contributed by atoms with Crippen LogP contribution in [0, 0.1) is 0 Å². The molecule has 0 aromatic heterocycles. The predicted molar refractivity (Wildman–Crippen MR) is 53.1 cm³/mol. The molecule has 0 aliphatic carbocycles. The summed E-state index contributed by atoms with van der Waals surface area (Å²) in [5, 5.41) is 0.768. The molecule has 0 heterocycles. The summed E-state index contributed by atoms with van der Waals surface area (Å²) in [6.45, 7) is 0. The summed E-state index contributed by atoms with van der Waals surface area (Å²) in [4.78, 5) is 11.5. The number of carbonyl (C=O) groups is 1. The molecule has 0 unspecified atom stereocenters. The summed E-state index contributed by atoms with van der Waals surface area (Å²) in [5.74, 6) is 4.66. The van der Waals surface area contributed by atoms with E-state index in [9.17, 15) is 4.79 Å². The first-order valence-electron chi connectivity index (χ1n) is 3.82. The molecule has 0 aliphatic heterocycles. The van der Waals surface area contributed by atoms with Crippen LogP contribution in [0.2, 0.25) is 17.0 Å². The molecule has 0 amide bonds. The predicted octanol–water partition coefficient (Wildman–Crippen LogP) is 2.62. The molecule has 0 saturated carbocycles. The van der Waals surface area contributed by atoms with Gasteiger partial charge >= 0.3 is 77.3 Å². The summed E-state index contributed by atoms with van der Waals surface area (Å²) >= 11 is -0.629. The summed E-state index contributed by atoms with van der Waals surface area (Å²) in [5.41, 5.74) is 0.856. The van der Waals surface area contributed by atoms with E-state index < -0.39 is 13.9 Å². The van der Waals surface area contributed by atoms with Crippen LogP contribution in [0.4, 0.5) is 0 Å². The van der Waals surface area contributed by atoms with Crippen LogP contribution in [0.25, 0.3) is 0 Å². The van der Waals surface area contributed by atoms with Crippen molar-refractivity contribution >= 4 is 19.7 Å². The van der Waals surface area contributed by atoms with Crippen molar-refractivity contribution in [1.82, 2.24) is 0 Å². The molecule has 0 spiro atoms. The SMILES string of the molecule is C[Se](C)CC(=O)c1ccccc1. The molecule has 0 atom stereocenters. The Labute approximate surface area is 77.7 Å². The number of rotatable bonds is 3. The van der Waals surface area contributed by atoms with Gasteiger partial charge in [0, 0.05) is 0 Å². The Kier molecular flexibility index (Phi) is 3.51. The molecule has 65 valence electrons. The van der Waals surface area contributed by atoms with Crippen molar-refractivity contribution in [3.8, 4) is 0 Å². The molecule has 1 aromatic carbocycles. The molecule has 1 aromatic rings. The molecule has 12 heavy (non-hydrogen) atoms. The van der Waals surface area contributed by atoms with Crippen LogP contribution in [0.1, 0.15) is 10.4 Å². The van der Waals surface area contributed by atoms with Gasteiger partial charge in [0.05, 0.1) is 0 Å². The molecule has 0 saturated heterocycles. The van der Waals surface area contributed by atoms with Crippen LogP contribution >= 0.6 is 0 Å². The van der Waals surface area contributed by atoms with Crippen LogP contribution in [0.5, 0.6) is 0 Å². The zero-order valence-corrected chi connectivity index (χ0v) is 9.12. The molecule has 0 N–H and O–H groups in total. The fraction of sp³-hybridized carbons (Fsp3) is 0.300. The Morgan fingerprint density at radius 2 is 1.83 bits per heavy atom. The van der Waals surface area contributed by atoms with Crippen molar-refractivity contribution in [3.63, 3.8) is 0 Å². The van der Waals surface area contributed by atoms with E-state index in [1.165, 1.54) is 0 Å². The summed E-state index contributed by atoms with van der Waals surface area (Å²) < 4.78 is 0. The van der Waals surface area contributed by atoms with E-state index >= 15 is 0 Å². The van der Waals surface area contributed by atoms with Crippen LogP contribution in [-0.2, 0) is 0 Å². The monoisotopic (exact) mass is 229 g/mol. The van der Waals surface area contributed by atoms with Gasteiger partial charge in [-0.05, 0) is 0 Å². The average molecular weight is 228 g/mol. The Hall–Kier alpha value is -0.591. The second-order valence-corrected chi connectivity index (χ2v) is 7.66. The van der Waals surface area contributed by atoms with Crippen LogP contribution in [0.15, 0.2) is 30.3 Å². The fourth-order valence-corrected chi connectivity index (χ4v) is 2.42. The molecule has 0 bridgehead atoms. The molecule has 2 heteroatoms. The topological polar surface area (TPSA) is 17.1 Å². The van der Waals surface area contributed by atoms with Crippen LogP contribution in [0.3, 0.4) is 0 Å². The van der Waals surface area contributed by atoms with E-state index in [1.54, 1.807) is 0 Å². The Balaban J connectivity index is 2.66. The molecule has 1 radical (unpaired) electrons. The number of Topliss-reactive ketones (excluding diaryl/α,β-unsaturated/α-hetero) is 1. The third-order valence-electron chi connectivity index (χ3n) is 1.52. The van der Waals surface area contributed by atoms with Gasteiger partial charge in [-0.1, -0.05) is 0 Å². The van der Waals surface area contributed by atoms with Gasteiger partial charge in [-0.15, -0.1) is 0 Å². The van der Waals surface area contributed by atoms with Gasteiger partial charge in [0.15, 0.2) is 0 Å². The number of hydrogen-bond donors (Lipinski definition) is 0. The van der Waals surface area contributed by atoms with Crippen molar-refractivity contribution < 1.29 is 4.79 Å². The quantitative estimate of drug-likeness (QED) is 0.574. The number of carbonyl (C=O) groups excluding carboxylic acids is 1. The third-order valence-corrected chi connectivity index (χ3v) is 3.28. The molecular weight excluding hydrogens is 215 g/mol. The van der Waals surface area contributed by atoms with Gasteiger partial charge in [0.25, 0.3) is 0 Å². The molecular formula is C10H13OSe. The van der Waals surface area contributed by atoms with Crippen molar-refractivity contribution in [1.29, 1.82) is 0 Å². The summed E-state index contributed by atoms with van der Waals surface area (Å²) in [6, 6.07) is 9.53. The number of hydrogen-bond acceptors (Lipinski definition) is 1. The average Bonchev–Trinajstić information content (AvgIpc) is 2.05. The third kappa shape index (κ3) is 2.80. The Morgan fingerprint density at radius 1 is 1.25 bits per heavy atom. The van der Waals surface area contributed by atoms with Crippen molar-refractivity contribution in [3.05, 3.63) is 35.9 Å². The van der Waals surface area contributed by atoms with Gasteiger partial charge in [-0.3, -0.25) is 0 Å².